The number of thiophene rings is 1. The highest BCUT2D eigenvalue weighted by Crippen LogP contribution is 2.19. The van der Waals surface area contributed by atoms with Gasteiger partial charge in [0, 0.05) is 12.7 Å². The van der Waals surface area contributed by atoms with Crippen molar-refractivity contribution in [1.29, 1.82) is 0 Å². The Balaban J connectivity index is 1.91. The fraction of sp³-hybridized carbons (Fsp3) is 0.267. The average Bonchev–Trinajstić information content (AvgIpc) is 2.86. The molecule has 3 aromatic rings. The van der Waals surface area contributed by atoms with E-state index in [1.54, 1.807) is 17.1 Å². The van der Waals surface area contributed by atoms with Gasteiger partial charge in [0.05, 0.1) is 18.4 Å². The number of hydrogen-bond acceptors (Lipinski definition) is 5. The van der Waals surface area contributed by atoms with Crippen LogP contribution in [0.3, 0.4) is 0 Å². The van der Waals surface area contributed by atoms with Crippen molar-refractivity contribution in [3.8, 4) is 0 Å². The summed E-state index contributed by atoms with van der Waals surface area (Å²) in [5, 5.41) is 5.12. The van der Waals surface area contributed by atoms with Crippen molar-refractivity contribution in [2.45, 2.75) is 20.4 Å². The standard InChI is InChI=1S/C15H16N4OS/c1-3-16-12-5-4-11(6-17-12)7-19-9-18-13-10(2)8-21-14(13)15(19)20/h4-6,8-9H,3,7H2,1-2H3,(H,16,17). The van der Waals surface area contributed by atoms with Gasteiger partial charge in [-0.3, -0.25) is 9.36 Å². The van der Waals surface area contributed by atoms with Crippen molar-refractivity contribution >= 4 is 27.4 Å². The Bertz CT molecular complexity index is 820. The van der Waals surface area contributed by atoms with E-state index in [1.807, 2.05) is 31.4 Å². The molecule has 3 heterocycles. The Morgan fingerprint density at radius 3 is 2.90 bits per heavy atom. The van der Waals surface area contributed by atoms with Crippen molar-refractivity contribution in [1.82, 2.24) is 14.5 Å². The van der Waals surface area contributed by atoms with Crippen LogP contribution >= 0.6 is 11.3 Å². The minimum atomic E-state index is 0.00820. The molecule has 0 amide bonds. The predicted molar refractivity (Wildman–Crippen MR) is 86.1 cm³/mol. The van der Waals surface area contributed by atoms with Crippen molar-refractivity contribution in [2.75, 3.05) is 11.9 Å². The summed E-state index contributed by atoms with van der Waals surface area (Å²) in [6.45, 7) is 5.32. The number of hydrogen-bond donors (Lipinski definition) is 1. The second kappa shape index (κ2) is 5.65. The van der Waals surface area contributed by atoms with Gasteiger partial charge in [-0.15, -0.1) is 11.3 Å². The Morgan fingerprint density at radius 2 is 2.19 bits per heavy atom. The number of pyridine rings is 1. The van der Waals surface area contributed by atoms with Crippen LogP contribution in [0.15, 0.2) is 34.8 Å². The monoisotopic (exact) mass is 300 g/mol. The number of nitrogens with one attached hydrogen (secondary N) is 1. The minimum Gasteiger partial charge on any atom is -0.370 e. The first-order chi connectivity index (χ1) is 10.2. The van der Waals surface area contributed by atoms with Crippen molar-refractivity contribution in [3.63, 3.8) is 0 Å². The van der Waals surface area contributed by atoms with Crippen molar-refractivity contribution in [2.24, 2.45) is 0 Å². The maximum absolute atomic E-state index is 12.4. The molecule has 0 aliphatic carbocycles. The molecule has 3 rings (SSSR count). The molecule has 108 valence electrons. The second-order valence-electron chi connectivity index (χ2n) is 4.86. The third kappa shape index (κ3) is 2.67. The number of fused-ring (bicyclic) bond motifs is 1. The lowest BCUT2D eigenvalue weighted by Gasteiger charge is -2.07. The maximum Gasteiger partial charge on any atom is 0.271 e. The van der Waals surface area contributed by atoms with Crippen LogP contribution < -0.4 is 10.9 Å². The summed E-state index contributed by atoms with van der Waals surface area (Å²) in [4.78, 5) is 21.1. The molecule has 0 bridgehead atoms. The van der Waals surface area contributed by atoms with Gasteiger partial charge in [0.25, 0.3) is 5.56 Å². The Kier molecular flexibility index (Phi) is 3.70. The van der Waals surface area contributed by atoms with Crippen molar-refractivity contribution < 1.29 is 0 Å². The van der Waals surface area contributed by atoms with Gasteiger partial charge >= 0.3 is 0 Å². The first-order valence-electron chi connectivity index (χ1n) is 6.81. The Hall–Kier alpha value is -2.21. The first kappa shape index (κ1) is 13.8. The quantitative estimate of drug-likeness (QED) is 0.804. The van der Waals surface area contributed by atoms with Crippen molar-refractivity contribution in [3.05, 3.63) is 51.5 Å². The van der Waals surface area contributed by atoms with Crippen LogP contribution in [0.1, 0.15) is 18.1 Å². The van der Waals surface area contributed by atoms with Crippen LogP contribution in [0.2, 0.25) is 0 Å². The molecule has 0 aliphatic rings. The molecular formula is C15H16N4OS. The van der Waals surface area contributed by atoms with E-state index in [9.17, 15) is 4.79 Å². The molecule has 0 saturated heterocycles. The van der Waals surface area contributed by atoms with Crippen LogP contribution in [0, 0.1) is 6.92 Å². The third-order valence-corrected chi connectivity index (χ3v) is 4.33. The molecule has 0 atom stereocenters. The van der Waals surface area contributed by atoms with Gasteiger partial charge in [-0.05, 0) is 36.4 Å². The lowest BCUT2D eigenvalue weighted by Crippen LogP contribution is -2.20. The Morgan fingerprint density at radius 1 is 1.33 bits per heavy atom. The summed E-state index contributed by atoms with van der Waals surface area (Å²) >= 11 is 1.45. The molecule has 0 saturated carbocycles. The highest BCUT2D eigenvalue weighted by atomic mass is 32.1. The maximum atomic E-state index is 12.4. The molecule has 5 nitrogen and oxygen atoms in total. The number of aryl methyl sites for hydroxylation is 1. The van der Waals surface area contributed by atoms with Gasteiger partial charge in [-0.1, -0.05) is 6.07 Å². The molecule has 6 heteroatoms. The number of aromatic nitrogens is 3. The molecule has 3 aromatic heterocycles. The van der Waals surface area contributed by atoms with E-state index in [-0.39, 0.29) is 5.56 Å². The largest absolute Gasteiger partial charge is 0.370 e. The van der Waals surface area contributed by atoms with E-state index in [2.05, 4.69) is 15.3 Å². The number of rotatable bonds is 4. The third-order valence-electron chi connectivity index (χ3n) is 3.26. The number of anilines is 1. The van der Waals surface area contributed by atoms with Gasteiger partial charge in [-0.2, -0.15) is 0 Å². The van der Waals surface area contributed by atoms with Gasteiger partial charge in [0.2, 0.25) is 0 Å². The highest BCUT2D eigenvalue weighted by molar-refractivity contribution is 7.17. The summed E-state index contributed by atoms with van der Waals surface area (Å²) in [6, 6.07) is 3.90. The molecule has 21 heavy (non-hydrogen) atoms. The molecule has 1 N–H and O–H groups in total. The molecule has 0 unspecified atom stereocenters. The Labute approximate surface area is 126 Å². The fourth-order valence-electron chi connectivity index (χ4n) is 2.17. The molecule has 0 aliphatic heterocycles. The van der Waals surface area contributed by atoms with Gasteiger partial charge in [-0.25, -0.2) is 9.97 Å². The zero-order chi connectivity index (χ0) is 14.8. The van der Waals surface area contributed by atoms with Gasteiger partial charge < -0.3 is 5.32 Å². The van der Waals surface area contributed by atoms with E-state index >= 15 is 0 Å². The van der Waals surface area contributed by atoms with Crippen LogP contribution in [0.4, 0.5) is 5.82 Å². The van der Waals surface area contributed by atoms with E-state index in [0.29, 0.717) is 11.2 Å². The molecule has 0 fully saturated rings. The summed E-state index contributed by atoms with van der Waals surface area (Å²) in [7, 11) is 0. The van der Waals surface area contributed by atoms with E-state index < -0.39 is 0 Å². The smallest absolute Gasteiger partial charge is 0.271 e. The molecule has 0 spiro atoms. The summed E-state index contributed by atoms with van der Waals surface area (Å²) < 4.78 is 2.34. The molecule has 0 aromatic carbocycles. The molecule has 0 radical (unpaired) electrons. The van der Waals surface area contributed by atoms with E-state index in [0.717, 1.165) is 29.0 Å². The van der Waals surface area contributed by atoms with Crippen LogP contribution in [-0.4, -0.2) is 21.1 Å². The zero-order valence-electron chi connectivity index (χ0n) is 12.0. The SMILES string of the molecule is CCNc1ccc(Cn2cnc3c(C)csc3c2=O)cn1. The summed E-state index contributed by atoms with van der Waals surface area (Å²) in [5.74, 6) is 0.844. The van der Waals surface area contributed by atoms with Crippen LogP contribution in [0.5, 0.6) is 0 Å². The van der Waals surface area contributed by atoms with Gasteiger partial charge in [0.15, 0.2) is 0 Å². The topological polar surface area (TPSA) is 59.8 Å². The van der Waals surface area contributed by atoms with Gasteiger partial charge in [0.1, 0.15) is 10.5 Å². The minimum absolute atomic E-state index is 0.00820. The number of nitrogens with zero attached hydrogens (tertiary/aromatic N) is 3. The van der Waals surface area contributed by atoms with Crippen LogP contribution in [-0.2, 0) is 6.54 Å². The normalized spacial score (nSPS) is 11.0. The fourth-order valence-corrected chi connectivity index (χ4v) is 3.12. The van der Waals surface area contributed by atoms with E-state index in [1.165, 1.54) is 11.3 Å². The highest BCUT2D eigenvalue weighted by Gasteiger charge is 2.08. The lowest BCUT2D eigenvalue weighted by molar-refractivity contribution is 0.747. The zero-order valence-corrected chi connectivity index (χ0v) is 12.8. The lowest BCUT2D eigenvalue weighted by atomic mass is 10.2. The van der Waals surface area contributed by atoms with Crippen LogP contribution in [0.25, 0.3) is 10.2 Å². The average molecular weight is 300 g/mol. The first-order valence-corrected chi connectivity index (χ1v) is 7.69. The molecular weight excluding hydrogens is 284 g/mol. The predicted octanol–water partition coefficient (Wildman–Crippen LogP) is 2.64. The summed E-state index contributed by atoms with van der Waals surface area (Å²) in [5.41, 5.74) is 2.85. The van der Waals surface area contributed by atoms with E-state index in [4.69, 9.17) is 0 Å². The second-order valence-corrected chi connectivity index (χ2v) is 5.74. The summed E-state index contributed by atoms with van der Waals surface area (Å²) in [6.07, 6.45) is 3.40.